The summed E-state index contributed by atoms with van der Waals surface area (Å²) in [6.45, 7) is 1.20. The quantitative estimate of drug-likeness (QED) is 0.779. The van der Waals surface area contributed by atoms with E-state index in [9.17, 15) is 22.8 Å². The summed E-state index contributed by atoms with van der Waals surface area (Å²) in [4.78, 5) is 22.6. The summed E-state index contributed by atoms with van der Waals surface area (Å²) in [5.41, 5.74) is -0.345. The number of aliphatic carboxylic acids is 1. The van der Waals surface area contributed by atoms with Gasteiger partial charge in [-0.2, -0.15) is 13.2 Å². The molecule has 0 radical (unpaired) electrons. The van der Waals surface area contributed by atoms with Crippen LogP contribution in [0.15, 0.2) is 30.5 Å². The van der Waals surface area contributed by atoms with Crippen molar-refractivity contribution in [2.24, 2.45) is 0 Å². The summed E-state index contributed by atoms with van der Waals surface area (Å²) in [6, 6.07) is 5.15. The number of halogens is 3. The number of benzene rings is 1. The van der Waals surface area contributed by atoms with Crippen molar-refractivity contribution in [1.29, 1.82) is 0 Å². The maximum Gasteiger partial charge on any atom is 0.416 e. The first-order chi connectivity index (χ1) is 12.2. The molecule has 0 saturated carbocycles. The second-order valence-corrected chi connectivity index (χ2v) is 5.77. The SMILES string of the molecule is CC(CC(=O)NCc1cn(CC(=O)O)nn1)c1ccccc1C(F)(F)F. The van der Waals surface area contributed by atoms with Gasteiger partial charge in [0.1, 0.15) is 12.2 Å². The highest BCUT2D eigenvalue weighted by Gasteiger charge is 2.34. The predicted molar refractivity (Wildman–Crippen MR) is 84.0 cm³/mol. The maximum atomic E-state index is 13.0. The zero-order chi connectivity index (χ0) is 19.3. The predicted octanol–water partition coefficient (Wildman–Crippen LogP) is 2.19. The Balaban J connectivity index is 1.94. The number of aromatic nitrogens is 3. The molecule has 2 aromatic rings. The molecule has 1 heterocycles. The van der Waals surface area contributed by atoms with Crippen LogP contribution in [-0.4, -0.2) is 32.0 Å². The van der Waals surface area contributed by atoms with Crippen molar-refractivity contribution in [1.82, 2.24) is 20.3 Å². The van der Waals surface area contributed by atoms with Gasteiger partial charge in [-0.15, -0.1) is 5.10 Å². The van der Waals surface area contributed by atoms with Crippen molar-refractivity contribution < 1.29 is 27.9 Å². The standard InChI is InChI=1S/C16H17F3N4O3/c1-10(12-4-2-3-5-13(12)16(17,18)19)6-14(24)20-7-11-8-23(22-21-11)9-15(25)26/h2-5,8,10H,6-7,9H2,1H3,(H,20,24)(H,25,26). The Hall–Kier alpha value is -2.91. The molecule has 0 fully saturated rings. The van der Waals surface area contributed by atoms with Crippen LogP contribution in [0, 0.1) is 0 Å². The Morgan fingerprint density at radius 1 is 1.31 bits per heavy atom. The Morgan fingerprint density at radius 3 is 2.65 bits per heavy atom. The molecule has 10 heteroatoms. The van der Waals surface area contributed by atoms with Gasteiger partial charge in [0.25, 0.3) is 0 Å². The van der Waals surface area contributed by atoms with Crippen LogP contribution in [0.3, 0.4) is 0 Å². The Morgan fingerprint density at radius 2 is 2.00 bits per heavy atom. The summed E-state index contributed by atoms with van der Waals surface area (Å²) < 4.78 is 40.2. The first-order valence-corrected chi connectivity index (χ1v) is 7.70. The maximum absolute atomic E-state index is 13.0. The number of carboxylic acid groups (broad SMARTS) is 1. The number of hydrogen-bond donors (Lipinski definition) is 2. The largest absolute Gasteiger partial charge is 0.480 e. The van der Waals surface area contributed by atoms with Crippen molar-refractivity contribution in [2.75, 3.05) is 0 Å². The number of carbonyl (C=O) groups excluding carboxylic acids is 1. The molecule has 0 spiro atoms. The summed E-state index contributed by atoms with van der Waals surface area (Å²) in [6.07, 6.45) is -3.24. The van der Waals surface area contributed by atoms with Crippen molar-refractivity contribution in [3.8, 4) is 0 Å². The summed E-state index contributed by atoms with van der Waals surface area (Å²) in [5, 5.41) is 18.5. The van der Waals surface area contributed by atoms with E-state index in [2.05, 4.69) is 15.6 Å². The van der Waals surface area contributed by atoms with Gasteiger partial charge in [-0.1, -0.05) is 30.3 Å². The van der Waals surface area contributed by atoms with Gasteiger partial charge < -0.3 is 10.4 Å². The first kappa shape index (κ1) is 19.4. The molecule has 1 atom stereocenters. The lowest BCUT2D eigenvalue weighted by molar-refractivity contribution is -0.139. The number of alkyl halides is 3. The van der Waals surface area contributed by atoms with E-state index < -0.39 is 29.5 Å². The molecular formula is C16H17F3N4O3. The smallest absolute Gasteiger partial charge is 0.416 e. The summed E-state index contributed by atoms with van der Waals surface area (Å²) >= 11 is 0. The molecule has 7 nitrogen and oxygen atoms in total. The van der Waals surface area contributed by atoms with Gasteiger partial charge in [-0.25, -0.2) is 4.68 Å². The molecule has 1 amide bonds. The van der Waals surface area contributed by atoms with Gasteiger partial charge in [0, 0.05) is 6.42 Å². The Labute approximate surface area is 146 Å². The fraction of sp³-hybridized carbons (Fsp3) is 0.375. The highest BCUT2D eigenvalue weighted by molar-refractivity contribution is 5.76. The fourth-order valence-corrected chi connectivity index (χ4v) is 2.47. The van der Waals surface area contributed by atoms with Crippen LogP contribution < -0.4 is 5.32 Å². The lowest BCUT2D eigenvalue weighted by atomic mass is 9.92. The van der Waals surface area contributed by atoms with Crippen LogP contribution in [0.4, 0.5) is 13.2 Å². The molecule has 2 N–H and O–H groups in total. The molecule has 0 bridgehead atoms. The molecular weight excluding hydrogens is 353 g/mol. The van der Waals surface area contributed by atoms with Gasteiger partial charge in [-0.3, -0.25) is 9.59 Å². The first-order valence-electron chi connectivity index (χ1n) is 7.70. The second kappa shape index (κ2) is 7.98. The molecule has 0 aliphatic carbocycles. The number of nitrogens with one attached hydrogen (secondary N) is 1. The van der Waals surface area contributed by atoms with E-state index in [0.717, 1.165) is 10.7 Å². The van der Waals surface area contributed by atoms with E-state index in [4.69, 9.17) is 5.11 Å². The third kappa shape index (κ3) is 5.30. The highest BCUT2D eigenvalue weighted by Crippen LogP contribution is 2.35. The van der Waals surface area contributed by atoms with Crippen LogP contribution in [-0.2, 0) is 28.9 Å². The van der Waals surface area contributed by atoms with E-state index in [0.29, 0.717) is 5.69 Å². The number of amides is 1. The minimum absolute atomic E-state index is 0.00604. The fourth-order valence-electron chi connectivity index (χ4n) is 2.47. The molecule has 0 aliphatic rings. The molecule has 26 heavy (non-hydrogen) atoms. The van der Waals surface area contributed by atoms with E-state index in [-0.39, 0.29) is 25.1 Å². The van der Waals surface area contributed by atoms with Gasteiger partial charge in [0.15, 0.2) is 0 Å². The van der Waals surface area contributed by atoms with E-state index >= 15 is 0 Å². The Bertz CT molecular complexity index is 789. The third-order valence-electron chi connectivity index (χ3n) is 3.64. The van der Waals surface area contributed by atoms with Crippen LogP contribution >= 0.6 is 0 Å². The molecule has 0 saturated heterocycles. The molecule has 1 unspecified atom stereocenters. The number of rotatable bonds is 7. The van der Waals surface area contributed by atoms with E-state index in [1.165, 1.54) is 24.4 Å². The van der Waals surface area contributed by atoms with E-state index in [1.807, 2.05) is 0 Å². The van der Waals surface area contributed by atoms with Crippen LogP contribution in [0.1, 0.15) is 36.1 Å². The van der Waals surface area contributed by atoms with Gasteiger partial charge in [0.2, 0.25) is 5.91 Å². The highest BCUT2D eigenvalue weighted by atomic mass is 19.4. The number of carbonyl (C=O) groups is 2. The normalized spacial score (nSPS) is 12.6. The van der Waals surface area contributed by atoms with Crippen LogP contribution in [0.2, 0.25) is 0 Å². The minimum Gasteiger partial charge on any atom is -0.480 e. The van der Waals surface area contributed by atoms with Crippen molar-refractivity contribution in [2.45, 2.75) is 38.5 Å². The third-order valence-corrected chi connectivity index (χ3v) is 3.64. The second-order valence-electron chi connectivity index (χ2n) is 5.77. The van der Waals surface area contributed by atoms with Gasteiger partial charge in [0.05, 0.1) is 18.3 Å². The van der Waals surface area contributed by atoms with Crippen molar-refractivity contribution in [3.63, 3.8) is 0 Å². The monoisotopic (exact) mass is 370 g/mol. The summed E-state index contributed by atoms with van der Waals surface area (Å²) in [5.74, 6) is -2.15. The van der Waals surface area contributed by atoms with Gasteiger partial charge in [-0.05, 0) is 17.5 Å². The van der Waals surface area contributed by atoms with Crippen molar-refractivity contribution >= 4 is 11.9 Å². The average molecular weight is 370 g/mol. The van der Waals surface area contributed by atoms with Gasteiger partial charge >= 0.3 is 12.1 Å². The Kier molecular flexibility index (Phi) is 5.96. The lowest BCUT2D eigenvalue weighted by Gasteiger charge is -2.18. The average Bonchev–Trinajstić information content (AvgIpc) is 2.98. The lowest BCUT2D eigenvalue weighted by Crippen LogP contribution is -2.25. The molecule has 1 aromatic heterocycles. The van der Waals surface area contributed by atoms with E-state index in [1.54, 1.807) is 6.92 Å². The zero-order valence-electron chi connectivity index (χ0n) is 13.8. The van der Waals surface area contributed by atoms with Crippen molar-refractivity contribution in [3.05, 3.63) is 47.3 Å². The minimum atomic E-state index is -4.48. The number of carboxylic acids is 1. The number of nitrogens with zero attached hydrogens (tertiary/aromatic N) is 3. The topological polar surface area (TPSA) is 97.1 Å². The molecule has 1 aromatic carbocycles. The van der Waals surface area contributed by atoms with Crippen LogP contribution in [0.5, 0.6) is 0 Å². The molecule has 140 valence electrons. The molecule has 0 aliphatic heterocycles. The summed E-state index contributed by atoms with van der Waals surface area (Å²) in [7, 11) is 0. The van der Waals surface area contributed by atoms with Crippen LogP contribution in [0.25, 0.3) is 0 Å². The molecule has 2 rings (SSSR count). The zero-order valence-corrected chi connectivity index (χ0v) is 13.8. The number of hydrogen-bond acceptors (Lipinski definition) is 4.